The van der Waals surface area contributed by atoms with Gasteiger partial charge < -0.3 is 5.73 Å². The van der Waals surface area contributed by atoms with Gasteiger partial charge in [0, 0.05) is 24.5 Å². The lowest BCUT2D eigenvalue weighted by Gasteiger charge is -2.09. The summed E-state index contributed by atoms with van der Waals surface area (Å²) in [5.74, 6) is 0.208. The second kappa shape index (κ2) is 7.22. The molecule has 116 valence electrons. The van der Waals surface area contributed by atoms with Crippen LogP contribution in [0.2, 0.25) is 0 Å². The van der Waals surface area contributed by atoms with Crippen LogP contribution in [0.15, 0.2) is 0 Å². The molecule has 6 heteroatoms. The van der Waals surface area contributed by atoms with Crippen LogP contribution in [-0.2, 0) is 35.6 Å². The number of aromatic nitrogens is 2. The van der Waals surface area contributed by atoms with Crippen molar-refractivity contribution < 1.29 is 8.42 Å². The van der Waals surface area contributed by atoms with Gasteiger partial charge >= 0.3 is 0 Å². The van der Waals surface area contributed by atoms with E-state index in [2.05, 4.69) is 18.9 Å². The molecule has 0 spiro atoms. The van der Waals surface area contributed by atoms with Gasteiger partial charge in [0.15, 0.2) is 0 Å². The van der Waals surface area contributed by atoms with Crippen LogP contribution >= 0.6 is 0 Å². The van der Waals surface area contributed by atoms with Crippen LogP contribution in [0.4, 0.5) is 0 Å². The molecule has 0 bridgehead atoms. The molecule has 0 fully saturated rings. The molecule has 0 amide bonds. The van der Waals surface area contributed by atoms with Gasteiger partial charge in [-0.25, -0.2) is 8.42 Å². The van der Waals surface area contributed by atoms with Gasteiger partial charge in [-0.2, -0.15) is 5.10 Å². The first-order chi connectivity index (χ1) is 9.28. The fourth-order valence-electron chi connectivity index (χ4n) is 2.49. The summed E-state index contributed by atoms with van der Waals surface area (Å²) in [6.07, 6.45) is 4.49. The fourth-order valence-corrected chi connectivity index (χ4v) is 3.14. The highest BCUT2D eigenvalue weighted by atomic mass is 32.2. The summed E-state index contributed by atoms with van der Waals surface area (Å²) in [4.78, 5) is 0. The first-order valence-corrected chi connectivity index (χ1v) is 9.35. The van der Waals surface area contributed by atoms with Crippen LogP contribution in [0, 0.1) is 0 Å². The van der Waals surface area contributed by atoms with Gasteiger partial charge in [0.2, 0.25) is 0 Å². The maximum atomic E-state index is 11.2. The molecule has 1 aromatic rings. The maximum Gasteiger partial charge on any atom is 0.147 e. The summed E-state index contributed by atoms with van der Waals surface area (Å²) in [5, 5.41) is 4.64. The highest BCUT2D eigenvalue weighted by molar-refractivity contribution is 7.90. The van der Waals surface area contributed by atoms with Gasteiger partial charge in [-0.1, -0.05) is 13.8 Å². The number of sulfone groups is 1. The van der Waals surface area contributed by atoms with Gasteiger partial charge in [0.25, 0.3) is 0 Å². The lowest BCUT2D eigenvalue weighted by molar-refractivity contribution is 0.558. The van der Waals surface area contributed by atoms with Crippen molar-refractivity contribution >= 4 is 9.84 Å². The standard InChI is InChI=1S/C14H27N3O2S/c1-5-13-12(10-11(3)15)14(6-2)17(16-13)8-7-9-20(4,18)19/h11H,5-10,15H2,1-4H3. The van der Waals surface area contributed by atoms with Crippen molar-refractivity contribution in [2.45, 2.75) is 59.0 Å². The highest BCUT2D eigenvalue weighted by Gasteiger charge is 2.16. The minimum atomic E-state index is -2.90. The predicted octanol–water partition coefficient (Wildman–Crippen LogP) is 1.33. The molecule has 0 aliphatic rings. The Morgan fingerprint density at radius 1 is 1.30 bits per heavy atom. The molecule has 0 radical (unpaired) electrons. The lowest BCUT2D eigenvalue weighted by Crippen LogP contribution is -2.19. The quantitative estimate of drug-likeness (QED) is 0.786. The minimum absolute atomic E-state index is 0.110. The van der Waals surface area contributed by atoms with Crippen molar-refractivity contribution in [2.75, 3.05) is 12.0 Å². The first-order valence-electron chi connectivity index (χ1n) is 7.29. The topological polar surface area (TPSA) is 78.0 Å². The molecular weight excluding hydrogens is 274 g/mol. The summed E-state index contributed by atoms with van der Waals surface area (Å²) in [5.41, 5.74) is 9.47. The highest BCUT2D eigenvalue weighted by Crippen LogP contribution is 2.18. The molecule has 20 heavy (non-hydrogen) atoms. The largest absolute Gasteiger partial charge is 0.328 e. The Hall–Kier alpha value is -0.880. The number of nitrogens with zero attached hydrogens (tertiary/aromatic N) is 2. The van der Waals surface area contributed by atoms with Crippen LogP contribution in [0.25, 0.3) is 0 Å². The third-order valence-corrected chi connectivity index (χ3v) is 4.36. The molecule has 0 aliphatic heterocycles. The maximum absolute atomic E-state index is 11.2. The number of nitrogens with two attached hydrogens (primary N) is 1. The molecule has 0 aromatic carbocycles. The minimum Gasteiger partial charge on any atom is -0.328 e. The van der Waals surface area contributed by atoms with Gasteiger partial charge in [0.1, 0.15) is 9.84 Å². The van der Waals surface area contributed by atoms with E-state index in [4.69, 9.17) is 5.73 Å². The Morgan fingerprint density at radius 3 is 2.40 bits per heavy atom. The average molecular weight is 301 g/mol. The van der Waals surface area contributed by atoms with Crippen molar-refractivity contribution in [3.63, 3.8) is 0 Å². The van der Waals surface area contributed by atoms with E-state index in [1.807, 2.05) is 11.6 Å². The molecule has 0 aliphatic carbocycles. The lowest BCUT2D eigenvalue weighted by atomic mass is 10.0. The van der Waals surface area contributed by atoms with E-state index in [1.54, 1.807) is 0 Å². The zero-order valence-corrected chi connectivity index (χ0v) is 13.8. The Labute approximate surface area is 122 Å². The molecule has 5 nitrogen and oxygen atoms in total. The third-order valence-electron chi connectivity index (χ3n) is 3.33. The van der Waals surface area contributed by atoms with Crippen LogP contribution in [0.3, 0.4) is 0 Å². The van der Waals surface area contributed by atoms with Crippen molar-refractivity contribution in [3.05, 3.63) is 17.0 Å². The van der Waals surface area contributed by atoms with Crippen LogP contribution in [0.1, 0.15) is 44.1 Å². The molecule has 1 aromatic heterocycles. The van der Waals surface area contributed by atoms with Crippen molar-refractivity contribution in [3.8, 4) is 0 Å². The third kappa shape index (κ3) is 4.90. The molecule has 1 rings (SSSR count). The second-order valence-electron chi connectivity index (χ2n) is 5.47. The van der Waals surface area contributed by atoms with Crippen LogP contribution in [-0.4, -0.2) is 36.2 Å². The summed E-state index contributed by atoms with van der Waals surface area (Å²) in [7, 11) is -2.90. The molecule has 2 N–H and O–H groups in total. The van der Waals surface area contributed by atoms with Crippen molar-refractivity contribution in [1.29, 1.82) is 0 Å². The zero-order valence-electron chi connectivity index (χ0n) is 13.0. The number of hydrogen-bond acceptors (Lipinski definition) is 4. The van der Waals surface area contributed by atoms with E-state index in [0.29, 0.717) is 13.0 Å². The smallest absolute Gasteiger partial charge is 0.147 e. The summed E-state index contributed by atoms with van der Waals surface area (Å²) < 4.78 is 24.4. The second-order valence-corrected chi connectivity index (χ2v) is 7.73. The normalized spacial score (nSPS) is 13.7. The predicted molar refractivity (Wildman–Crippen MR) is 82.7 cm³/mol. The van der Waals surface area contributed by atoms with Crippen LogP contribution < -0.4 is 5.73 Å². The van der Waals surface area contributed by atoms with E-state index >= 15 is 0 Å². The summed E-state index contributed by atoms with van der Waals surface area (Å²) >= 11 is 0. The number of rotatable bonds is 8. The average Bonchev–Trinajstić information content (AvgIpc) is 2.64. The van der Waals surface area contributed by atoms with Gasteiger partial charge in [-0.3, -0.25) is 4.68 Å². The molecule has 0 saturated carbocycles. The van der Waals surface area contributed by atoms with E-state index in [9.17, 15) is 8.42 Å². The Bertz CT molecular complexity index is 533. The van der Waals surface area contributed by atoms with Crippen molar-refractivity contribution in [1.82, 2.24) is 9.78 Å². The summed E-state index contributed by atoms with van der Waals surface area (Å²) in [6, 6.07) is 0.110. The van der Waals surface area contributed by atoms with E-state index in [-0.39, 0.29) is 11.8 Å². The Morgan fingerprint density at radius 2 is 1.95 bits per heavy atom. The van der Waals surface area contributed by atoms with Gasteiger partial charge in [-0.05, 0) is 38.2 Å². The van der Waals surface area contributed by atoms with Gasteiger partial charge in [0.05, 0.1) is 11.4 Å². The SMILES string of the molecule is CCc1nn(CCCS(C)(=O)=O)c(CC)c1CC(C)N. The molecule has 1 atom stereocenters. The van der Waals surface area contributed by atoms with E-state index in [0.717, 1.165) is 25.0 Å². The Kier molecular flexibility index (Phi) is 6.20. The van der Waals surface area contributed by atoms with E-state index < -0.39 is 9.84 Å². The van der Waals surface area contributed by atoms with Gasteiger partial charge in [-0.15, -0.1) is 0 Å². The molecule has 1 heterocycles. The van der Waals surface area contributed by atoms with Crippen molar-refractivity contribution in [2.24, 2.45) is 5.73 Å². The Balaban J connectivity index is 2.93. The molecule has 0 saturated heterocycles. The molecular formula is C14H27N3O2S. The first kappa shape index (κ1) is 17.2. The zero-order chi connectivity index (χ0) is 15.3. The summed E-state index contributed by atoms with van der Waals surface area (Å²) in [6.45, 7) is 6.85. The van der Waals surface area contributed by atoms with Crippen LogP contribution in [0.5, 0.6) is 0 Å². The fraction of sp³-hybridized carbons (Fsp3) is 0.786. The molecule has 1 unspecified atom stereocenters. The number of aryl methyl sites for hydroxylation is 2. The van der Waals surface area contributed by atoms with E-state index in [1.165, 1.54) is 17.5 Å². The monoisotopic (exact) mass is 301 g/mol. The number of hydrogen-bond donors (Lipinski definition) is 1.